The Kier molecular flexibility index (Phi) is 7.28. The van der Waals surface area contributed by atoms with E-state index in [1.807, 2.05) is 30.3 Å². The molecule has 0 aromatic heterocycles. The number of benzene rings is 2. The van der Waals surface area contributed by atoms with Crippen LogP contribution < -0.4 is 15.0 Å². The van der Waals surface area contributed by atoms with Crippen LogP contribution in [0.25, 0.3) is 0 Å². The number of nitrogens with zero attached hydrogens (tertiary/aromatic N) is 1. The van der Waals surface area contributed by atoms with Crippen LogP contribution in [0.1, 0.15) is 39.7 Å². The van der Waals surface area contributed by atoms with E-state index in [1.165, 1.54) is 11.3 Å². The molecule has 0 aliphatic carbocycles. The summed E-state index contributed by atoms with van der Waals surface area (Å²) in [5, 5.41) is 2.95. The highest BCUT2D eigenvalue weighted by molar-refractivity contribution is 5.80. The lowest BCUT2D eigenvalue weighted by Crippen LogP contribution is -2.37. The lowest BCUT2D eigenvalue weighted by atomic mass is 9.87. The fourth-order valence-corrected chi connectivity index (χ4v) is 2.77. The molecule has 1 amide bonds. The summed E-state index contributed by atoms with van der Waals surface area (Å²) < 4.78 is 5.77. The highest BCUT2D eigenvalue weighted by atomic mass is 16.5. The van der Waals surface area contributed by atoms with Crippen LogP contribution in [0.3, 0.4) is 0 Å². The highest BCUT2D eigenvalue weighted by Crippen LogP contribution is 2.24. The van der Waals surface area contributed by atoms with Crippen molar-refractivity contribution in [2.45, 2.75) is 45.6 Å². The van der Waals surface area contributed by atoms with E-state index in [-0.39, 0.29) is 11.3 Å². The van der Waals surface area contributed by atoms with E-state index in [9.17, 15) is 4.79 Å². The van der Waals surface area contributed by atoms with Gasteiger partial charge in [-0.25, -0.2) is 0 Å². The molecule has 0 spiro atoms. The molecular formula is C23H32N2O2. The fourth-order valence-electron chi connectivity index (χ4n) is 2.77. The van der Waals surface area contributed by atoms with Crippen molar-refractivity contribution < 1.29 is 9.53 Å². The number of para-hydroxylation sites is 1. The second-order valence-corrected chi connectivity index (χ2v) is 7.94. The van der Waals surface area contributed by atoms with Crippen molar-refractivity contribution in [2.24, 2.45) is 0 Å². The fraction of sp³-hybridized carbons (Fsp3) is 0.435. The number of ether oxygens (including phenoxy) is 1. The van der Waals surface area contributed by atoms with E-state index in [1.54, 1.807) is 6.92 Å². The molecule has 0 saturated heterocycles. The van der Waals surface area contributed by atoms with Gasteiger partial charge in [0, 0.05) is 25.8 Å². The van der Waals surface area contributed by atoms with Gasteiger partial charge in [-0.1, -0.05) is 51.1 Å². The van der Waals surface area contributed by atoms with Crippen molar-refractivity contribution in [1.82, 2.24) is 5.32 Å². The van der Waals surface area contributed by atoms with Crippen LogP contribution in [0.5, 0.6) is 5.75 Å². The molecule has 0 bridgehead atoms. The molecule has 2 aromatic carbocycles. The van der Waals surface area contributed by atoms with Crippen molar-refractivity contribution >= 4 is 11.6 Å². The molecule has 27 heavy (non-hydrogen) atoms. The average Bonchev–Trinajstić information content (AvgIpc) is 2.65. The number of hydrogen-bond acceptors (Lipinski definition) is 3. The lowest BCUT2D eigenvalue weighted by molar-refractivity contribution is -0.127. The molecule has 0 saturated carbocycles. The van der Waals surface area contributed by atoms with Crippen molar-refractivity contribution in [3.8, 4) is 5.75 Å². The van der Waals surface area contributed by atoms with Crippen LogP contribution in [0, 0.1) is 0 Å². The molecule has 2 rings (SSSR count). The Labute approximate surface area is 163 Å². The first-order valence-corrected chi connectivity index (χ1v) is 9.58. The van der Waals surface area contributed by atoms with Gasteiger partial charge < -0.3 is 15.0 Å². The summed E-state index contributed by atoms with van der Waals surface area (Å²) in [6, 6.07) is 18.2. The van der Waals surface area contributed by atoms with Gasteiger partial charge in [0.2, 0.25) is 0 Å². The number of rotatable bonds is 8. The van der Waals surface area contributed by atoms with Crippen LogP contribution in [0.15, 0.2) is 54.6 Å². The molecule has 0 heterocycles. The van der Waals surface area contributed by atoms with Gasteiger partial charge >= 0.3 is 0 Å². The van der Waals surface area contributed by atoms with Crippen LogP contribution >= 0.6 is 0 Å². The number of nitrogens with one attached hydrogen (secondary N) is 1. The monoisotopic (exact) mass is 368 g/mol. The normalized spacial score (nSPS) is 12.3. The van der Waals surface area contributed by atoms with Gasteiger partial charge in [-0.3, -0.25) is 4.79 Å². The van der Waals surface area contributed by atoms with Crippen LogP contribution in [-0.4, -0.2) is 32.1 Å². The minimum absolute atomic E-state index is 0.0859. The molecule has 0 unspecified atom stereocenters. The smallest absolute Gasteiger partial charge is 0.260 e. The number of anilines is 1. The highest BCUT2D eigenvalue weighted by Gasteiger charge is 2.16. The molecule has 2 aromatic rings. The van der Waals surface area contributed by atoms with Crippen molar-refractivity contribution in [3.05, 3.63) is 60.2 Å². The molecule has 4 nitrogen and oxygen atoms in total. The zero-order chi connectivity index (χ0) is 19.9. The minimum atomic E-state index is -0.516. The Morgan fingerprint density at radius 2 is 1.70 bits per heavy atom. The maximum Gasteiger partial charge on any atom is 0.260 e. The first-order chi connectivity index (χ1) is 12.8. The molecule has 0 aliphatic heterocycles. The van der Waals surface area contributed by atoms with Gasteiger partial charge in [0.15, 0.2) is 6.10 Å². The van der Waals surface area contributed by atoms with Gasteiger partial charge in [0.25, 0.3) is 5.91 Å². The van der Waals surface area contributed by atoms with Crippen molar-refractivity contribution in [2.75, 3.05) is 25.0 Å². The molecule has 146 valence electrons. The maximum absolute atomic E-state index is 12.2. The summed E-state index contributed by atoms with van der Waals surface area (Å²) in [4.78, 5) is 14.4. The molecule has 4 heteroatoms. The van der Waals surface area contributed by atoms with E-state index in [2.05, 4.69) is 62.3 Å². The number of hydrogen-bond donors (Lipinski definition) is 1. The molecule has 1 N–H and O–H groups in total. The average molecular weight is 369 g/mol. The van der Waals surface area contributed by atoms with Crippen LogP contribution in [0.2, 0.25) is 0 Å². The Morgan fingerprint density at radius 1 is 1.07 bits per heavy atom. The van der Waals surface area contributed by atoms with Crippen LogP contribution in [0.4, 0.5) is 5.69 Å². The first kappa shape index (κ1) is 20.8. The largest absolute Gasteiger partial charge is 0.481 e. The zero-order valence-corrected chi connectivity index (χ0v) is 17.2. The summed E-state index contributed by atoms with van der Waals surface area (Å²) in [5.41, 5.74) is 2.53. The van der Waals surface area contributed by atoms with Crippen molar-refractivity contribution in [3.63, 3.8) is 0 Å². The summed E-state index contributed by atoms with van der Waals surface area (Å²) in [5.74, 6) is 0.631. The van der Waals surface area contributed by atoms with Gasteiger partial charge in [-0.2, -0.15) is 0 Å². The number of carbonyl (C=O) groups is 1. The maximum atomic E-state index is 12.2. The number of amides is 1. The summed E-state index contributed by atoms with van der Waals surface area (Å²) in [6.45, 7) is 9.82. The Morgan fingerprint density at radius 3 is 2.30 bits per heavy atom. The van der Waals surface area contributed by atoms with Gasteiger partial charge in [0.1, 0.15) is 5.75 Å². The molecule has 0 aliphatic rings. The number of carbonyl (C=O) groups excluding carboxylic acids is 1. The summed E-state index contributed by atoms with van der Waals surface area (Å²) in [7, 11) is 2.06. The predicted octanol–water partition coefficient (Wildman–Crippen LogP) is 4.39. The third kappa shape index (κ3) is 6.63. The Hall–Kier alpha value is -2.49. The minimum Gasteiger partial charge on any atom is -0.481 e. The standard InChI is InChI=1S/C23H32N2O2/c1-18(27-21-14-12-19(13-15-21)23(2,3)4)22(26)24-16-9-17-25(5)20-10-7-6-8-11-20/h6-8,10-15,18H,9,16-17H2,1-5H3,(H,24,26)/t18-/m0/s1. The molecule has 0 fully saturated rings. The second-order valence-electron chi connectivity index (χ2n) is 7.94. The third-order valence-electron chi connectivity index (χ3n) is 4.57. The Bertz CT molecular complexity index is 705. The molecular weight excluding hydrogens is 336 g/mol. The second kappa shape index (κ2) is 9.45. The van der Waals surface area contributed by atoms with Gasteiger partial charge in [-0.15, -0.1) is 0 Å². The van der Waals surface area contributed by atoms with E-state index in [0.717, 1.165) is 18.7 Å². The zero-order valence-electron chi connectivity index (χ0n) is 17.2. The van der Waals surface area contributed by atoms with Gasteiger partial charge in [-0.05, 0) is 48.6 Å². The summed E-state index contributed by atoms with van der Waals surface area (Å²) >= 11 is 0. The molecule has 1 atom stereocenters. The Balaban J connectivity index is 1.72. The van der Waals surface area contributed by atoms with E-state index in [0.29, 0.717) is 6.54 Å². The SMILES string of the molecule is C[C@H](Oc1ccc(C(C)(C)C)cc1)C(=O)NCCCN(C)c1ccccc1. The van der Waals surface area contributed by atoms with Crippen molar-refractivity contribution in [1.29, 1.82) is 0 Å². The summed E-state index contributed by atoms with van der Waals surface area (Å²) in [6.07, 6.45) is 0.363. The predicted molar refractivity (Wildman–Crippen MR) is 113 cm³/mol. The topological polar surface area (TPSA) is 41.6 Å². The quantitative estimate of drug-likeness (QED) is 0.703. The van der Waals surface area contributed by atoms with E-state index < -0.39 is 6.10 Å². The van der Waals surface area contributed by atoms with E-state index >= 15 is 0 Å². The van der Waals surface area contributed by atoms with Crippen LogP contribution in [-0.2, 0) is 10.2 Å². The third-order valence-corrected chi connectivity index (χ3v) is 4.57. The first-order valence-electron chi connectivity index (χ1n) is 9.58. The van der Waals surface area contributed by atoms with E-state index in [4.69, 9.17) is 4.74 Å². The molecule has 0 radical (unpaired) electrons. The van der Waals surface area contributed by atoms with Gasteiger partial charge in [0.05, 0.1) is 0 Å². The lowest BCUT2D eigenvalue weighted by Gasteiger charge is -2.21.